The fraction of sp³-hybridized carbons (Fsp3) is 0.0526. The Morgan fingerprint density at radius 2 is 1.76 bits per heavy atom. The maximum atomic E-state index is 5.92. The standard InChI is InChI=1S/C19H16NO/c20-17-10-6-7-15(13-17)14-21-19-12-5-4-11-18(19)16-8-2-1-3-9-16/h1-11,13H,14,20H2. The topological polar surface area (TPSA) is 35.2 Å². The molecule has 0 aliphatic rings. The molecule has 0 spiro atoms. The molecule has 0 aliphatic carbocycles. The van der Waals surface area contributed by atoms with Crippen molar-refractivity contribution in [3.05, 3.63) is 84.4 Å². The smallest absolute Gasteiger partial charge is 0.135 e. The second kappa shape index (κ2) is 6.14. The second-order valence-electron chi connectivity index (χ2n) is 4.81. The first-order valence-electron chi connectivity index (χ1n) is 6.86. The Morgan fingerprint density at radius 1 is 0.905 bits per heavy atom. The monoisotopic (exact) mass is 274 g/mol. The van der Waals surface area contributed by atoms with Crippen LogP contribution < -0.4 is 10.5 Å². The second-order valence-corrected chi connectivity index (χ2v) is 4.81. The van der Waals surface area contributed by atoms with Crippen LogP contribution in [-0.4, -0.2) is 0 Å². The van der Waals surface area contributed by atoms with Crippen LogP contribution >= 0.6 is 0 Å². The van der Waals surface area contributed by atoms with Crippen LogP contribution in [0.3, 0.4) is 0 Å². The van der Waals surface area contributed by atoms with E-state index in [1.54, 1.807) is 0 Å². The van der Waals surface area contributed by atoms with E-state index in [0.29, 0.717) is 6.61 Å². The van der Waals surface area contributed by atoms with Crippen molar-refractivity contribution in [2.75, 3.05) is 5.73 Å². The van der Waals surface area contributed by atoms with Crippen LogP contribution in [0.5, 0.6) is 5.75 Å². The molecule has 2 nitrogen and oxygen atoms in total. The zero-order valence-corrected chi connectivity index (χ0v) is 11.6. The third-order valence-electron chi connectivity index (χ3n) is 3.24. The van der Waals surface area contributed by atoms with Gasteiger partial charge in [-0.1, -0.05) is 60.7 Å². The molecule has 3 rings (SSSR count). The molecule has 0 saturated carbocycles. The Morgan fingerprint density at radius 3 is 2.57 bits per heavy atom. The van der Waals surface area contributed by atoms with Gasteiger partial charge in [-0.25, -0.2) is 0 Å². The summed E-state index contributed by atoms with van der Waals surface area (Å²) < 4.78 is 5.92. The first-order valence-corrected chi connectivity index (χ1v) is 6.86. The maximum Gasteiger partial charge on any atom is 0.135 e. The summed E-state index contributed by atoms with van der Waals surface area (Å²) >= 11 is 0. The van der Waals surface area contributed by atoms with Gasteiger partial charge in [0, 0.05) is 17.3 Å². The van der Waals surface area contributed by atoms with Crippen molar-refractivity contribution < 1.29 is 4.74 Å². The minimum Gasteiger partial charge on any atom is -0.488 e. The molecule has 0 amide bonds. The molecule has 0 unspecified atom stereocenters. The van der Waals surface area contributed by atoms with Crippen LogP contribution in [0.4, 0.5) is 5.69 Å². The predicted molar refractivity (Wildman–Crippen MR) is 85.9 cm³/mol. The van der Waals surface area contributed by atoms with Gasteiger partial charge in [-0.15, -0.1) is 0 Å². The average molecular weight is 274 g/mol. The summed E-state index contributed by atoms with van der Waals surface area (Å²) in [5.41, 5.74) is 9.74. The fourth-order valence-electron chi connectivity index (χ4n) is 2.22. The highest BCUT2D eigenvalue weighted by molar-refractivity contribution is 5.69. The van der Waals surface area contributed by atoms with E-state index in [2.05, 4.69) is 18.2 Å². The Balaban J connectivity index is 1.83. The highest BCUT2D eigenvalue weighted by atomic mass is 16.5. The van der Waals surface area contributed by atoms with E-state index in [1.807, 2.05) is 60.7 Å². The lowest BCUT2D eigenvalue weighted by Crippen LogP contribution is -1.98. The van der Waals surface area contributed by atoms with Gasteiger partial charge in [0.2, 0.25) is 0 Å². The number of anilines is 1. The number of benzene rings is 3. The predicted octanol–water partition coefficient (Wildman–Crippen LogP) is 4.31. The van der Waals surface area contributed by atoms with E-state index < -0.39 is 0 Å². The lowest BCUT2D eigenvalue weighted by molar-refractivity contribution is 0.307. The fourth-order valence-corrected chi connectivity index (χ4v) is 2.22. The zero-order valence-electron chi connectivity index (χ0n) is 11.6. The number of nitrogens with two attached hydrogens (primary N) is 1. The molecule has 0 bridgehead atoms. The summed E-state index contributed by atoms with van der Waals surface area (Å²) in [7, 11) is 0. The van der Waals surface area contributed by atoms with Crippen LogP contribution in [0.2, 0.25) is 0 Å². The van der Waals surface area contributed by atoms with Gasteiger partial charge < -0.3 is 10.5 Å². The molecule has 0 fully saturated rings. The van der Waals surface area contributed by atoms with Crippen molar-refractivity contribution in [2.45, 2.75) is 6.61 Å². The number of hydrogen-bond donors (Lipinski definition) is 1. The van der Waals surface area contributed by atoms with E-state index in [-0.39, 0.29) is 0 Å². The minimum absolute atomic E-state index is 0.478. The molecule has 1 radical (unpaired) electrons. The van der Waals surface area contributed by atoms with Crippen molar-refractivity contribution in [3.63, 3.8) is 0 Å². The highest BCUT2D eigenvalue weighted by Gasteiger charge is 2.06. The van der Waals surface area contributed by atoms with E-state index in [0.717, 1.165) is 28.1 Å². The van der Waals surface area contributed by atoms with Gasteiger partial charge in [0.25, 0.3) is 0 Å². The summed E-state index contributed by atoms with van der Waals surface area (Å²) in [6.07, 6.45) is 0. The zero-order chi connectivity index (χ0) is 14.5. The van der Waals surface area contributed by atoms with Gasteiger partial charge in [-0.2, -0.15) is 0 Å². The third-order valence-corrected chi connectivity index (χ3v) is 3.24. The van der Waals surface area contributed by atoms with Crippen LogP contribution in [0.15, 0.2) is 72.8 Å². The molecular formula is C19H16NO. The SMILES string of the molecule is Nc1cccc(COc2[c]cccc2-c2ccccc2)c1. The molecule has 3 aromatic carbocycles. The van der Waals surface area contributed by atoms with Crippen molar-refractivity contribution in [2.24, 2.45) is 0 Å². The largest absolute Gasteiger partial charge is 0.488 e. The normalized spacial score (nSPS) is 10.3. The molecule has 0 aliphatic heterocycles. The van der Waals surface area contributed by atoms with E-state index in [1.165, 1.54) is 0 Å². The molecule has 103 valence electrons. The van der Waals surface area contributed by atoms with Gasteiger partial charge in [0.05, 0.1) is 0 Å². The maximum absolute atomic E-state index is 5.92. The van der Waals surface area contributed by atoms with Crippen LogP contribution in [0, 0.1) is 6.07 Å². The summed E-state index contributed by atoms with van der Waals surface area (Å²) in [5, 5.41) is 0. The number of hydrogen-bond acceptors (Lipinski definition) is 2. The Hall–Kier alpha value is -2.74. The number of ether oxygens (including phenoxy) is 1. The van der Waals surface area contributed by atoms with Crippen LogP contribution in [0.1, 0.15) is 5.56 Å². The molecular weight excluding hydrogens is 258 g/mol. The lowest BCUT2D eigenvalue weighted by Gasteiger charge is -2.11. The molecule has 2 N–H and O–H groups in total. The van der Waals surface area contributed by atoms with Gasteiger partial charge in [0.15, 0.2) is 0 Å². The van der Waals surface area contributed by atoms with Gasteiger partial charge in [-0.05, 0) is 23.3 Å². The Kier molecular flexibility index (Phi) is 3.88. The number of nitrogen functional groups attached to an aromatic ring is 1. The first kappa shape index (κ1) is 13.3. The first-order chi connectivity index (χ1) is 10.3. The molecule has 21 heavy (non-hydrogen) atoms. The van der Waals surface area contributed by atoms with E-state index in [9.17, 15) is 0 Å². The van der Waals surface area contributed by atoms with E-state index >= 15 is 0 Å². The lowest BCUT2D eigenvalue weighted by atomic mass is 10.0. The highest BCUT2D eigenvalue weighted by Crippen LogP contribution is 2.29. The summed E-state index contributed by atoms with van der Waals surface area (Å²) in [5.74, 6) is 0.756. The summed E-state index contributed by atoms with van der Waals surface area (Å²) in [4.78, 5) is 0. The van der Waals surface area contributed by atoms with Crippen LogP contribution in [-0.2, 0) is 6.61 Å². The summed E-state index contributed by atoms with van der Waals surface area (Å²) in [6.45, 7) is 0.478. The van der Waals surface area contributed by atoms with Gasteiger partial charge in [0.1, 0.15) is 12.4 Å². The third kappa shape index (κ3) is 3.23. The number of para-hydroxylation sites is 1. The van der Waals surface area contributed by atoms with Crippen molar-refractivity contribution in [1.29, 1.82) is 0 Å². The average Bonchev–Trinajstić information content (AvgIpc) is 2.54. The Labute approximate surface area is 124 Å². The Bertz CT molecular complexity index is 722. The molecule has 2 heteroatoms. The molecule has 0 heterocycles. The molecule has 3 aromatic rings. The van der Waals surface area contributed by atoms with Gasteiger partial charge in [-0.3, -0.25) is 0 Å². The van der Waals surface area contributed by atoms with Crippen molar-refractivity contribution in [1.82, 2.24) is 0 Å². The van der Waals surface area contributed by atoms with Crippen molar-refractivity contribution in [3.8, 4) is 16.9 Å². The molecule has 0 aromatic heterocycles. The van der Waals surface area contributed by atoms with E-state index in [4.69, 9.17) is 10.5 Å². The quantitative estimate of drug-likeness (QED) is 0.719. The van der Waals surface area contributed by atoms with Gasteiger partial charge >= 0.3 is 0 Å². The minimum atomic E-state index is 0.478. The number of rotatable bonds is 4. The van der Waals surface area contributed by atoms with Crippen molar-refractivity contribution >= 4 is 5.69 Å². The summed E-state index contributed by atoms with van der Waals surface area (Å²) in [6, 6.07) is 26.9. The van der Waals surface area contributed by atoms with Crippen LogP contribution in [0.25, 0.3) is 11.1 Å². The molecule has 0 atom stereocenters. The molecule has 0 saturated heterocycles.